The highest BCUT2D eigenvalue weighted by atomic mass is 16.6. The Morgan fingerprint density at radius 2 is 1.84 bits per heavy atom. The van der Waals surface area contributed by atoms with Gasteiger partial charge in [-0.1, -0.05) is 25.1 Å². The van der Waals surface area contributed by atoms with Gasteiger partial charge in [-0.3, -0.25) is 14.7 Å². The van der Waals surface area contributed by atoms with Gasteiger partial charge in [-0.15, -0.1) is 0 Å². The molecule has 1 aromatic heterocycles. The van der Waals surface area contributed by atoms with Crippen molar-refractivity contribution in [3.63, 3.8) is 0 Å². The van der Waals surface area contributed by atoms with Crippen molar-refractivity contribution in [2.24, 2.45) is 29.1 Å². The number of nitrogens with zero attached hydrogens (tertiary/aromatic N) is 2. The molecule has 0 radical (unpaired) electrons. The molecule has 5 saturated carbocycles. The van der Waals surface area contributed by atoms with Crippen LogP contribution < -0.4 is 5.32 Å². The maximum absolute atomic E-state index is 14.4. The fourth-order valence-electron chi connectivity index (χ4n) is 12.2. The maximum atomic E-state index is 14.4. The van der Waals surface area contributed by atoms with Crippen LogP contribution in [0.5, 0.6) is 0 Å². The minimum atomic E-state index is -1.30. The number of likely N-dealkylation sites (N-methyl/N-ethyl adjacent to an activating group) is 1. The molecule has 6 aliphatic rings. The molecular formula is C39H49N3O7. The van der Waals surface area contributed by atoms with Crippen molar-refractivity contribution in [3.8, 4) is 0 Å². The number of ether oxygens (including phenoxy) is 3. The third kappa shape index (κ3) is 4.40. The molecule has 1 aromatic carbocycles. The van der Waals surface area contributed by atoms with Gasteiger partial charge in [-0.25, -0.2) is 4.79 Å². The summed E-state index contributed by atoms with van der Waals surface area (Å²) in [6, 6.07) is 12.6. The first kappa shape index (κ1) is 33.0. The molecule has 1 unspecified atom stereocenters. The van der Waals surface area contributed by atoms with E-state index < -0.39 is 28.2 Å². The Bertz CT molecular complexity index is 1710. The van der Waals surface area contributed by atoms with Crippen LogP contribution in [-0.4, -0.2) is 94.3 Å². The van der Waals surface area contributed by atoms with Gasteiger partial charge in [0.1, 0.15) is 11.2 Å². The number of piperidine rings is 1. The van der Waals surface area contributed by atoms with Crippen LogP contribution in [0.4, 0.5) is 5.69 Å². The van der Waals surface area contributed by atoms with Gasteiger partial charge in [-0.2, -0.15) is 0 Å². The summed E-state index contributed by atoms with van der Waals surface area (Å²) in [5.74, 6) is -1.20. The lowest BCUT2D eigenvalue weighted by molar-refractivity contribution is -0.317. The second-order valence-corrected chi connectivity index (χ2v) is 15.7. The van der Waals surface area contributed by atoms with Crippen LogP contribution in [0.3, 0.4) is 0 Å². The van der Waals surface area contributed by atoms with E-state index in [1.54, 1.807) is 51.5 Å². The first-order valence-corrected chi connectivity index (χ1v) is 18.0. The van der Waals surface area contributed by atoms with Gasteiger partial charge in [0.15, 0.2) is 0 Å². The van der Waals surface area contributed by atoms with E-state index in [-0.39, 0.29) is 47.8 Å². The number of fused-ring (bicyclic) bond motifs is 2. The molecule has 1 spiro atoms. The number of likely N-dealkylation sites (tertiary alicyclic amines) is 1. The molecule has 1 saturated heterocycles. The second kappa shape index (κ2) is 11.4. The molecule has 11 atom stereocenters. The summed E-state index contributed by atoms with van der Waals surface area (Å²) in [5, 5.41) is 28.3. The van der Waals surface area contributed by atoms with Crippen LogP contribution in [0.1, 0.15) is 74.1 Å². The van der Waals surface area contributed by atoms with E-state index in [9.17, 15) is 19.8 Å². The lowest BCUT2D eigenvalue weighted by Gasteiger charge is -2.70. The van der Waals surface area contributed by atoms with Crippen LogP contribution in [-0.2, 0) is 19.0 Å². The van der Waals surface area contributed by atoms with Gasteiger partial charge in [0.25, 0.3) is 5.91 Å². The highest BCUT2D eigenvalue weighted by molar-refractivity contribution is 6.09. The van der Waals surface area contributed by atoms with E-state index >= 15 is 0 Å². The number of aliphatic hydroxyl groups is 2. The number of nitrogens with one attached hydrogen (secondary N) is 1. The van der Waals surface area contributed by atoms with Gasteiger partial charge in [0.2, 0.25) is 0 Å². The normalized spacial score (nSPS) is 41.8. The molecule has 6 fully saturated rings. The average molecular weight is 672 g/mol. The molecule has 1 aliphatic heterocycles. The molecule has 10 heteroatoms. The Balaban J connectivity index is 1.14. The monoisotopic (exact) mass is 671 g/mol. The standard InChI is InChI=1S/C39H49N3O7/c1-6-42-21-36(49-35(44)26-12-7-8-13-28(26)41-34(43)22(2)16-25-11-9-10-23(3)40-25)15-14-32(48-5)39-30(36)18-27(33(39)42)37(45)20-29(47-4)24-17-31(39)38(37,46)19-24/h7-13,16,24,27,29-33,45-46H,6,14-15,17-21H2,1-5H3,(H,41,43)/b22-16+/t24-,27+,29-,30+,31+,32-,33?,36+,37-,38+,39-/m0/s1. The zero-order valence-electron chi connectivity index (χ0n) is 29.1. The van der Waals surface area contributed by atoms with Gasteiger partial charge in [-0.05, 0) is 88.8 Å². The van der Waals surface area contributed by atoms with Crippen molar-refractivity contribution in [1.29, 1.82) is 0 Å². The van der Waals surface area contributed by atoms with E-state index in [0.717, 1.165) is 18.7 Å². The van der Waals surface area contributed by atoms with Crippen molar-refractivity contribution < 1.29 is 34.0 Å². The number of benzene rings is 1. The van der Waals surface area contributed by atoms with Crippen molar-refractivity contribution in [1.82, 2.24) is 9.88 Å². The molecule has 8 rings (SSSR count). The summed E-state index contributed by atoms with van der Waals surface area (Å²) in [5.41, 5.74) is -1.22. The summed E-state index contributed by atoms with van der Waals surface area (Å²) in [6.07, 6.45) is 5.11. The summed E-state index contributed by atoms with van der Waals surface area (Å²) in [4.78, 5) is 34.7. The maximum Gasteiger partial charge on any atom is 0.340 e. The zero-order chi connectivity index (χ0) is 34.5. The van der Waals surface area contributed by atoms with Gasteiger partial charge in [0.05, 0.1) is 34.8 Å². The summed E-state index contributed by atoms with van der Waals surface area (Å²) < 4.78 is 19.2. The minimum absolute atomic E-state index is 0.00608. The first-order valence-electron chi connectivity index (χ1n) is 18.0. The number of hydrogen-bond acceptors (Lipinski definition) is 9. The first-order chi connectivity index (χ1) is 23.5. The number of pyridine rings is 1. The molecular weight excluding hydrogens is 622 g/mol. The molecule has 49 heavy (non-hydrogen) atoms. The van der Waals surface area contributed by atoms with E-state index in [0.29, 0.717) is 61.2 Å². The highest BCUT2D eigenvalue weighted by Crippen LogP contribution is 2.79. The van der Waals surface area contributed by atoms with Gasteiger partial charge < -0.3 is 29.7 Å². The number of aromatic nitrogens is 1. The topological polar surface area (TPSA) is 130 Å². The number of esters is 1. The fraction of sp³-hybridized carbons (Fsp3) is 0.615. The number of amides is 1. The number of anilines is 1. The predicted octanol–water partition coefficient (Wildman–Crippen LogP) is 4.38. The Labute approximate surface area is 288 Å². The summed E-state index contributed by atoms with van der Waals surface area (Å²) in [7, 11) is 3.49. The third-order valence-corrected chi connectivity index (χ3v) is 13.9. The average Bonchev–Trinajstić information content (AvgIpc) is 3.55. The molecule has 3 N–H and O–H groups in total. The molecule has 7 bridgehead atoms. The number of para-hydroxylation sites is 1. The Morgan fingerprint density at radius 3 is 2.57 bits per heavy atom. The Morgan fingerprint density at radius 1 is 1.04 bits per heavy atom. The molecule has 5 aliphatic carbocycles. The number of carbonyl (C=O) groups excluding carboxylic acids is 2. The number of aryl methyl sites for hydroxylation is 1. The summed E-state index contributed by atoms with van der Waals surface area (Å²) >= 11 is 0. The van der Waals surface area contributed by atoms with Gasteiger partial charge >= 0.3 is 5.97 Å². The third-order valence-electron chi connectivity index (χ3n) is 13.9. The second-order valence-electron chi connectivity index (χ2n) is 15.7. The lowest BCUT2D eigenvalue weighted by Crippen LogP contribution is -2.81. The largest absolute Gasteiger partial charge is 0.454 e. The van der Waals surface area contributed by atoms with Crippen LogP contribution >= 0.6 is 0 Å². The molecule has 2 aromatic rings. The molecule has 1 amide bonds. The molecule has 10 nitrogen and oxygen atoms in total. The fourth-order valence-corrected chi connectivity index (χ4v) is 12.2. The van der Waals surface area contributed by atoms with Gasteiger partial charge in [0, 0.05) is 67.7 Å². The van der Waals surface area contributed by atoms with Crippen LogP contribution in [0.2, 0.25) is 0 Å². The van der Waals surface area contributed by atoms with Crippen LogP contribution in [0, 0.1) is 36.0 Å². The Hall–Kier alpha value is -3.15. The SMILES string of the molecule is CCN1C[C@]2(OC(=O)c3ccccc3NC(=O)/C(C)=C/c3cccc(C)n3)CC[C@H](OC)[C@]34C1[C@@H](C[C@H]23)[C@@]1(O)C[C@H](OC)[C@H]2C[C@@H]4[C@]1(O)C2. The quantitative estimate of drug-likeness (QED) is 0.277. The minimum Gasteiger partial charge on any atom is -0.454 e. The van der Waals surface area contributed by atoms with E-state index in [2.05, 4.69) is 22.1 Å². The van der Waals surface area contributed by atoms with E-state index in [1.807, 2.05) is 25.1 Å². The molecule has 262 valence electrons. The van der Waals surface area contributed by atoms with Crippen LogP contribution in [0.15, 0.2) is 48.0 Å². The Kier molecular flexibility index (Phi) is 7.70. The number of rotatable bonds is 8. The van der Waals surface area contributed by atoms with Crippen molar-refractivity contribution >= 4 is 23.6 Å². The van der Waals surface area contributed by atoms with Crippen LogP contribution in [0.25, 0.3) is 6.08 Å². The summed E-state index contributed by atoms with van der Waals surface area (Å²) in [6.45, 7) is 7.03. The number of carbonyl (C=O) groups is 2. The highest BCUT2D eigenvalue weighted by Gasteiger charge is 2.87. The zero-order valence-corrected chi connectivity index (χ0v) is 29.1. The van der Waals surface area contributed by atoms with E-state index in [4.69, 9.17) is 14.2 Å². The van der Waals surface area contributed by atoms with Crippen molar-refractivity contribution in [2.75, 3.05) is 32.6 Å². The molecule has 2 heterocycles. The number of hydrogen-bond donors (Lipinski definition) is 3. The van der Waals surface area contributed by atoms with E-state index in [1.165, 1.54) is 0 Å². The van der Waals surface area contributed by atoms with Crippen molar-refractivity contribution in [2.45, 2.75) is 94.3 Å². The number of methoxy groups -OCH3 is 2. The lowest BCUT2D eigenvalue weighted by atomic mass is 9.44. The smallest absolute Gasteiger partial charge is 0.340 e. The van der Waals surface area contributed by atoms with Crippen molar-refractivity contribution in [3.05, 3.63) is 65.0 Å². The predicted molar refractivity (Wildman–Crippen MR) is 182 cm³/mol.